The fourth-order valence-electron chi connectivity index (χ4n) is 2.54. The lowest BCUT2D eigenvalue weighted by Crippen LogP contribution is -2.07. The van der Waals surface area contributed by atoms with E-state index >= 15 is 0 Å². The standard InChI is InChI=1S/C21H22BrN3OS/c1-3-13-25-20(14-26-19-11-7-16(4-2)8-12-19)23-24-21(25)27-15-17-5-9-18(22)10-6-17/h3,5-12H,1,4,13-15H2,2H3. The number of halogens is 1. The molecule has 140 valence electrons. The van der Waals surface area contributed by atoms with Crippen molar-refractivity contribution in [2.45, 2.75) is 37.4 Å². The van der Waals surface area contributed by atoms with Crippen molar-refractivity contribution in [1.82, 2.24) is 14.8 Å². The molecule has 0 aliphatic carbocycles. The quantitative estimate of drug-likeness (QED) is 0.315. The summed E-state index contributed by atoms with van der Waals surface area (Å²) in [6, 6.07) is 16.5. The lowest BCUT2D eigenvalue weighted by atomic mass is 10.2. The molecule has 2 aromatic carbocycles. The van der Waals surface area contributed by atoms with Crippen LogP contribution in [0.4, 0.5) is 0 Å². The van der Waals surface area contributed by atoms with Crippen molar-refractivity contribution in [3.8, 4) is 5.75 Å². The highest BCUT2D eigenvalue weighted by Crippen LogP contribution is 2.24. The van der Waals surface area contributed by atoms with Gasteiger partial charge in [0.15, 0.2) is 11.0 Å². The summed E-state index contributed by atoms with van der Waals surface area (Å²) in [7, 11) is 0. The lowest BCUT2D eigenvalue weighted by Gasteiger charge is -2.09. The first kappa shape index (κ1) is 19.7. The number of benzene rings is 2. The number of nitrogens with zero attached hydrogens (tertiary/aromatic N) is 3. The van der Waals surface area contributed by atoms with Crippen LogP contribution >= 0.6 is 27.7 Å². The normalized spacial score (nSPS) is 10.7. The van der Waals surface area contributed by atoms with Crippen molar-refractivity contribution in [2.24, 2.45) is 0 Å². The number of thioether (sulfide) groups is 1. The molecule has 3 aromatic rings. The Hall–Kier alpha value is -2.05. The van der Waals surface area contributed by atoms with E-state index in [4.69, 9.17) is 4.74 Å². The summed E-state index contributed by atoms with van der Waals surface area (Å²) in [6.07, 6.45) is 2.87. The van der Waals surface area contributed by atoms with E-state index in [1.807, 2.05) is 30.3 Å². The van der Waals surface area contributed by atoms with E-state index in [9.17, 15) is 0 Å². The maximum absolute atomic E-state index is 5.90. The van der Waals surface area contributed by atoms with Gasteiger partial charge in [0.25, 0.3) is 0 Å². The molecule has 0 aliphatic rings. The second-order valence-corrected chi connectivity index (χ2v) is 7.86. The van der Waals surface area contributed by atoms with Crippen molar-refractivity contribution in [3.63, 3.8) is 0 Å². The van der Waals surface area contributed by atoms with Gasteiger partial charge in [0.05, 0.1) is 0 Å². The molecule has 0 aliphatic heterocycles. The average Bonchev–Trinajstić information content (AvgIpc) is 3.08. The molecule has 0 bridgehead atoms. The van der Waals surface area contributed by atoms with Gasteiger partial charge in [-0.15, -0.1) is 16.8 Å². The lowest BCUT2D eigenvalue weighted by molar-refractivity contribution is 0.289. The highest BCUT2D eigenvalue weighted by molar-refractivity contribution is 9.10. The average molecular weight is 444 g/mol. The summed E-state index contributed by atoms with van der Waals surface area (Å²) in [5.74, 6) is 2.47. The molecular weight excluding hydrogens is 422 g/mol. The van der Waals surface area contributed by atoms with E-state index in [2.05, 4.69) is 68.5 Å². The first-order valence-corrected chi connectivity index (χ1v) is 10.6. The molecule has 1 aromatic heterocycles. The first-order chi connectivity index (χ1) is 13.2. The van der Waals surface area contributed by atoms with Crippen molar-refractivity contribution in [3.05, 3.63) is 82.6 Å². The van der Waals surface area contributed by atoms with Crippen LogP contribution in [0.1, 0.15) is 23.9 Å². The zero-order valence-corrected chi connectivity index (χ0v) is 17.7. The van der Waals surface area contributed by atoms with Crippen LogP contribution in [0, 0.1) is 0 Å². The van der Waals surface area contributed by atoms with Gasteiger partial charge in [-0.25, -0.2) is 0 Å². The van der Waals surface area contributed by atoms with Crippen LogP contribution in [-0.4, -0.2) is 14.8 Å². The Morgan fingerprint density at radius 2 is 1.78 bits per heavy atom. The van der Waals surface area contributed by atoms with Crippen LogP contribution in [0.5, 0.6) is 5.75 Å². The zero-order chi connectivity index (χ0) is 19.1. The fraction of sp³-hybridized carbons (Fsp3) is 0.238. The number of aryl methyl sites for hydroxylation is 1. The van der Waals surface area contributed by atoms with Crippen molar-refractivity contribution < 1.29 is 4.74 Å². The van der Waals surface area contributed by atoms with Crippen LogP contribution in [0.2, 0.25) is 0 Å². The summed E-state index contributed by atoms with van der Waals surface area (Å²) < 4.78 is 9.03. The van der Waals surface area contributed by atoms with Gasteiger partial charge in [0.2, 0.25) is 0 Å². The van der Waals surface area contributed by atoms with E-state index in [1.54, 1.807) is 11.8 Å². The minimum absolute atomic E-state index is 0.380. The molecule has 0 spiro atoms. The molecular formula is C21H22BrN3OS. The summed E-state index contributed by atoms with van der Waals surface area (Å²) in [5.41, 5.74) is 2.54. The molecule has 0 radical (unpaired) electrons. The van der Waals surface area contributed by atoms with Gasteiger partial charge < -0.3 is 4.74 Å². The van der Waals surface area contributed by atoms with Crippen LogP contribution in [-0.2, 0) is 25.3 Å². The molecule has 0 atom stereocenters. The van der Waals surface area contributed by atoms with Gasteiger partial charge >= 0.3 is 0 Å². The van der Waals surface area contributed by atoms with Gasteiger partial charge in [0.1, 0.15) is 12.4 Å². The number of ether oxygens (including phenoxy) is 1. The van der Waals surface area contributed by atoms with Gasteiger partial charge in [-0.1, -0.05) is 65.0 Å². The Morgan fingerprint density at radius 1 is 1.07 bits per heavy atom. The van der Waals surface area contributed by atoms with Crippen LogP contribution in [0.3, 0.4) is 0 Å². The third-order valence-corrected chi connectivity index (χ3v) is 5.65. The highest BCUT2D eigenvalue weighted by atomic mass is 79.9. The van der Waals surface area contributed by atoms with Crippen molar-refractivity contribution >= 4 is 27.7 Å². The van der Waals surface area contributed by atoms with E-state index in [-0.39, 0.29) is 0 Å². The third-order valence-electron chi connectivity index (χ3n) is 4.09. The highest BCUT2D eigenvalue weighted by Gasteiger charge is 2.12. The van der Waals surface area contributed by atoms with Gasteiger partial charge in [-0.3, -0.25) is 4.57 Å². The van der Waals surface area contributed by atoms with E-state index < -0.39 is 0 Å². The Balaban J connectivity index is 1.66. The van der Waals surface area contributed by atoms with Gasteiger partial charge in [-0.05, 0) is 41.8 Å². The van der Waals surface area contributed by atoms with E-state index in [0.717, 1.165) is 33.4 Å². The second kappa shape index (κ2) is 9.76. The predicted molar refractivity (Wildman–Crippen MR) is 114 cm³/mol. The maximum atomic E-state index is 5.90. The molecule has 0 amide bonds. The van der Waals surface area contributed by atoms with Gasteiger partial charge in [-0.2, -0.15) is 0 Å². The molecule has 0 unspecified atom stereocenters. The molecule has 0 N–H and O–H groups in total. The largest absolute Gasteiger partial charge is 0.486 e. The van der Waals surface area contributed by atoms with Crippen LogP contribution < -0.4 is 4.74 Å². The fourth-order valence-corrected chi connectivity index (χ4v) is 3.73. The molecule has 4 nitrogen and oxygen atoms in total. The molecule has 3 rings (SSSR count). The van der Waals surface area contributed by atoms with E-state index in [1.165, 1.54) is 11.1 Å². The molecule has 6 heteroatoms. The number of rotatable bonds is 9. The number of allylic oxidation sites excluding steroid dienone is 1. The summed E-state index contributed by atoms with van der Waals surface area (Å²) in [6.45, 7) is 7.03. The second-order valence-electron chi connectivity index (χ2n) is 6.00. The minimum atomic E-state index is 0.380. The van der Waals surface area contributed by atoms with Crippen molar-refractivity contribution in [2.75, 3.05) is 0 Å². The van der Waals surface area contributed by atoms with E-state index in [0.29, 0.717) is 13.2 Å². The Labute approximate surface area is 172 Å². The molecule has 1 heterocycles. The molecule has 0 fully saturated rings. The predicted octanol–water partition coefficient (Wildman–Crippen LogP) is 5.66. The summed E-state index contributed by atoms with van der Waals surface area (Å²) in [4.78, 5) is 0. The number of hydrogen-bond donors (Lipinski definition) is 0. The Bertz CT molecular complexity index is 875. The molecule has 0 saturated heterocycles. The smallest absolute Gasteiger partial charge is 0.191 e. The number of aromatic nitrogens is 3. The topological polar surface area (TPSA) is 39.9 Å². The summed E-state index contributed by atoms with van der Waals surface area (Å²) in [5, 5.41) is 9.54. The van der Waals surface area contributed by atoms with Crippen LogP contribution in [0.25, 0.3) is 0 Å². The summed E-state index contributed by atoms with van der Waals surface area (Å²) >= 11 is 5.13. The Kier molecular flexibility index (Phi) is 7.12. The number of hydrogen-bond acceptors (Lipinski definition) is 4. The molecule has 27 heavy (non-hydrogen) atoms. The molecule has 0 saturated carbocycles. The van der Waals surface area contributed by atoms with Crippen molar-refractivity contribution in [1.29, 1.82) is 0 Å². The zero-order valence-electron chi connectivity index (χ0n) is 15.3. The van der Waals surface area contributed by atoms with Gasteiger partial charge in [0, 0.05) is 16.8 Å². The minimum Gasteiger partial charge on any atom is -0.486 e. The monoisotopic (exact) mass is 443 g/mol. The first-order valence-electron chi connectivity index (χ1n) is 8.81. The van der Waals surface area contributed by atoms with Crippen LogP contribution in [0.15, 0.2) is 70.8 Å². The third kappa shape index (κ3) is 5.47. The Morgan fingerprint density at radius 3 is 2.44 bits per heavy atom. The maximum Gasteiger partial charge on any atom is 0.191 e. The SMILES string of the molecule is C=CCn1c(COc2ccc(CC)cc2)nnc1SCc1ccc(Br)cc1.